The molecular formula is C17H18N4O3. The van der Waals surface area contributed by atoms with E-state index >= 15 is 0 Å². The minimum Gasteiger partial charge on any atom is -0.383 e. The lowest BCUT2D eigenvalue weighted by atomic mass is 10.1. The molecule has 0 aliphatic carbocycles. The molecule has 3 rings (SSSR count). The maximum atomic E-state index is 12.7. The van der Waals surface area contributed by atoms with Crippen molar-refractivity contribution in [2.75, 3.05) is 19.0 Å². The van der Waals surface area contributed by atoms with E-state index in [0.717, 1.165) is 0 Å². The number of methoxy groups -OCH3 is 1. The lowest BCUT2D eigenvalue weighted by Crippen LogP contribution is -2.25. The molecule has 124 valence electrons. The summed E-state index contributed by atoms with van der Waals surface area (Å²) in [6.45, 7) is 0.773. The lowest BCUT2D eigenvalue weighted by Gasteiger charge is -2.11. The van der Waals surface area contributed by atoms with Gasteiger partial charge in [0.15, 0.2) is 0 Å². The summed E-state index contributed by atoms with van der Waals surface area (Å²) in [4.78, 5) is 25.2. The van der Waals surface area contributed by atoms with E-state index in [4.69, 9.17) is 4.74 Å². The molecule has 1 amide bonds. The van der Waals surface area contributed by atoms with Crippen LogP contribution in [0.1, 0.15) is 10.4 Å². The van der Waals surface area contributed by atoms with E-state index in [9.17, 15) is 9.59 Å². The average molecular weight is 326 g/mol. The van der Waals surface area contributed by atoms with Crippen LogP contribution in [0.25, 0.3) is 10.8 Å². The number of rotatable bonds is 5. The Morgan fingerprint density at radius 1 is 1.25 bits per heavy atom. The fourth-order valence-corrected chi connectivity index (χ4v) is 2.56. The van der Waals surface area contributed by atoms with Gasteiger partial charge in [-0.05, 0) is 6.07 Å². The predicted octanol–water partition coefficient (Wildman–Crippen LogP) is 1.63. The number of benzene rings is 1. The first-order chi connectivity index (χ1) is 11.6. The highest BCUT2D eigenvalue weighted by Gasteiger charge is 2.15. The van der Waals surface area contributed by atoms with E-state index < -0.39 is 0 Å². The second-order valence-electron chi connectivity index (χ2n) is 5.44. The molecule has 0 fully saturated rings. The topological polar surface area (TPSA) is 78.2 Å². The largest absolute Gasteiger partial charge is 0.383 e. The van der Waals surface area contributed by atoms with E-state index in [1.807, 2.05) is 6.07 Å². The first-order valence-corrected chi connectivity index (χ1v) is 7.51. The summed E-state index contributed by atoms with van der Waals surface area (Å²) in [5, 5.41) is 7.96. The van der Waals surface area contributed by atoms with Crippen molar-refractivity contribution in [2.45, 2.75) is 6.54 Å². The van der Waals surface area contributed by atoms with Crippen LogP contribution in [0, 0.1) is 0 Å². The quantitative estimate of drug-likeness (QED) is 0.773. The van der Waals surface area contributed by atoms with Crippen molar-refractivity contribution in [2.24, 2.45) is 7.05 Å². The van der Waals surface area contributed by atoms with E-state index in [-0.39, 0.29) is 11.5 Å². The molecule has 0 radical (unpaired) electrons. The Hall–Kier alpha value is -2.93. The summed E-state index contributed by atoms with van der Waals surface area (Å²) in [6, 6.07) is 7.09. The normalized spacial score (nSPS) is 10.9. The van der Waals surface area contributed by atoms with Crippen molar-refractivity contribution < 1.29 is 9.53 Å². The summed E-state index contributed by atoms with van der Waals surface area (Å²) in [5.41, 5.74) is 0.895. The zero-order valence-electron chi connectivity index (χ0n) is 13.5. The maximum Gasteiger partial charge on any atom is 0.258 e. The number of pyridine rings is 1. The highest BCUT2D eigenvalue weighted by Crippen LogP contribution is 2.17. The number of anilines is 1. The number of hydrogen-bond acceptors (Lipinski definition) is 4. The molecule has 0 spiro atoms. The fraction of sp³-hybridized carbons (Fsp3) is 0.235. The van der Waals surface area contributed by atoms with Crippen molar-refractivity contribution in [3.8, 4) is 0 Å². The molecular weight excluding hydrogens is 308 g/mol. The highest BCUT2D eigenvalue weighted by atomic mass is 16.5. The molecule has 0 bridgehead atoms. The van der Waals surface area contributed by atoms with Gasteiger partial charge in [-0.3, -0.25) is 14.3 Å². The third-order valence-electron chi connectivity index (χ3n) is 3.74. The summed E-state index contributed by atoms with van der Waals surface area (Å²) < 4.78 is 8.15. The van der Waals surface area contributed by atoms with Crippen LogP contribution < -0.4 is 10.9 Å². The number of nitrogens with one attached hydrogen (secondary N) is 1. The minimum atomic E-state index is -0.287. The van der Waals surface area contributed by atoms with Crippen LogP contribution in [0.2, 0.25) is 0 Å². The minimum absolute atomic E-state index is 0.138. The predicted molar refractivity (Wildman–Crippen MR) is 91.2 cm³/mol. The van der Waals surface area contributed by atoms with Crippen LogP contribution in [0.4, 0.5) is 5.69 Å². The van der Waals surface area contributed by atoms with Crippen LogP contribution >= 0.6 is 0 Å². The zero-order valence-corrected chi connectivity index (χ0v) is 13.5. The van der Waals surface area contributed by atoms with Gasteiger partial charge in [-0.1, -0.05) is 18.2 Å². The monoisotopic (exact) mass is 326 g/mol. The molecule has 7 nitrogen and oxygen atoms in total. The van der Waals surface area contributed by atoms with E-state index in [2.05, 4.69) is 10.4 Å². The van der Waals surface area contributed by atoms with Crippen LogP contribution in [0.5, 0.6) is 0 Å². The number of hydrogen-bond donors (Lipinski definition) is 1. The zero-order chi connectivity index (χ0) is 17.1. The Morgan fingerprint density at radius 2 is 2.00 bits per heavy atom. The number of carbonyl (C=O) groups excluding carboxylic acids is 1. The Balaban J connectivity index is 2.06. The van der Waals surface area contributed by atoms with Gasteiger partial charge in [-0.2, -0.15) is 5.10 Å². The maximum absolute atomic E-state index is 12.7. The van der Waals surface area contributed by atoms with Crippen LogP contribution in [0.3, 0.4) is 0 Å². The summed E-state index contributed by atoms with van der Waals surface area (Å²) in [6.07, 6.45) is 4.86. The van der Waals surface area contributed by atoms with Crippen LogP contribution in [0.15, 0.2) is 47.7 Å². The summed E-state index contributed by atoms with van der Waals surface area (Å²) >= 11 is 0. The molecule has 0 aliphatic rings. The third-order valence-corrected chi connectivity index (χ3v) is 3.74. The SMILES string of the molecule is COCCn1cc(C(=O)Nc2cnn(C)c2)c2ccccc2c1=O. The molecule has 2 aromatic heterocycles. The Bertz CT molecular complexity index is 942. The molecule has 0 saturated carbocycles. The summed E-state index contributed by atoms with van der Waals surface area (Å²) in [7, 11) is 3.35. The molecule has 3 aromatic rings. The lowest BCUT2D eigenvalue weighted by molar-refractivity contribution is 0.102. The van der Waals surface area contributed by atoms with E-state index in [1.54, 1.807) is 55.6 Å². The number of aryl methyl sites for hydroxylation is 1. The molecule has 1 N–H and O–H groups in total. The number of fused-ring (bicyclic) bond motifs is 1. The molecule has 24 heavy (non-hydrogen) atoms. The molecule has 2 heterocycles. The van der Waals surface area contributed by atoms with Gasteiger partial charge in [0, 0.05) is 43.9 Å². The van der Waals surface area contributed by atoms with Crippen molar-refractivity contribution in [1.82, 2.24) is 14.3 Å². The molecule has 0 aliphatic heterocycles. The van der Waals surface area contributed by atoms with Gasteiger partial charge in [-0.25, -0.2) is 0 Å². The van der Waals surface area contributed by atoms with Gasteiger partial charge in [0.25, 0.3) is 11.5 Å². The standard InChI is InChI=1S/C17H18N4O3/c1-20-10-12(9-18-20)19-16(22)15-11-21(7-8-24-2)17(23)14-6-4-3-5-13(14)15/h3-6,9-11H,7-8H2,1-2H3,(H,19,22). The van der Waals surface area contributed by atoms with E-state index in [1.165, 1.54) is 4.57 Å². The number of nitrogens with zero attached hydrogens (tertiary/aromatic N) is 3. The smallest absolute Gasteiger partial charge is 0.258 e. The van der Waals surface area contributed by atoms with Gasteiger partial charge < -0.3 is 14.6 Å². The Labute approximate surface area is 138 Å². The van der Waals surface area contributed by atoms with E-state index in [0.29, 0.717) is 35.2 Å². The average Bonchev–Trinajstić information content (AvgIpc) is 2.99. The Morgan fingerprint density at radius 3 is 2.67 bits per heavy atom. The molecule has 1 aromatic carbocycles. The molecule has 0 saturated heterocycles. The van der Waals surface area contributed by atoms with Gasteiger partial charge in [0.05, 0.1) is 24.1 Å². The number of carbonyl (C=O) groups is 1. The van der Waals surface area contributed by atoms with Crippen LogP contribution in [-0.2, 0) is 18.3 Å². The number of aromatic nitrogens is 3. The first kappa shape index (κ1) is 15.9. The van der Waals surface area contributed by atoms with Gasteiger partial charge in [-0.15, -0.1) is 0 Å². The van der Waals surface area contributed by atoms with Crippen molar-refractivity contribution in [3.05, 3.63) is 58.8 Å². The highest BCUT2D eigenvalue weighted by molar-refractivity contribution is 6.12. The van der Waals surface area contributed by atoms with Crippen molar-refractivity contribution >= 4 is 22.4 Å². The van der Waals surface area contributed by atoms with Gasteiger partial charge in [0.2, 0.25) is 0 Å². The van der Waals surface area contributed by atoms with Gasteiger partial charge in [0.1, 0.15) is 0 Å². The number of amides is 1. The molecule has 0 atom stereocenters. The second-order valence-corrected chi connectivity index (χ2v) is 5.44. The van der Waals surface area contributed by atoms with Crippen LogP contribution in [-0.4, -0.2) is 34.0 Å². The number of ether oxygens (including phenoxy) is 1. The van der Waals surface area contributed by atoms with Crippen molar-refractivity contribution in [1.29, 1.82) is 0 Å². The van der Waals surface area contributed by atoms with Crippen molar-refractivity contribution in [3.63, 3.8) is 0 Å². The molecule has 0 unspecified atom stereocenters. The first-order valence-electron chi connectivity index (χ1n) is 7.51. The second kappa shape index (κ2) is 6.67. The fourth-order valence-electron chi connectivity index (χ4n) is 2.56. The Kier molecular flexibility index (Phi) is 4.43. The summed E-state index contributed by atoms with van der Waals surface area (Å²) in [5.74, 6) is -0.287. The van der Waals surface area contributed by atoms with Gasteiger partial charge >= 0.3 is 0 Å². The molecule has 7 heteroatoms. The third kappa shape index (κ3) is 3.07.